The highest BCUT2D eigenvalue weighted by molar-refractivity contribution is 7.65. The van der Waals surface area contributed by atoms with E-state index in [1.165, 1.54) is 0 Å². The molecular formula is C11H19OP. The lowest BCUT2D eigenvalue weighted by molar-refractivity contribution is 0.550. The predicted octanol–water partition coefficient (Wildman–Crippen LogP) is 3.66. The lowest BCUT2D eigenvalue weighted by atomic mass is 10.2. The van der Waals surface area contributed by atoms with Gasteiger partial charge in [-0.15, -0.1) is 0 Å². The first-order valence-corrected chi connectivity index (χ1v) is 6.98. The van der Waals surface area contributed by atoms with Crippen LogP contribution in [0.15, 0.2) is 24.3 Å². The Morgan fingerprint density at radius 1 is 1.23 bits per heavy atom. The van der Waals surface area contributed by atoms with Crippen molar-refractivity contribution in [3.63, 3.8) is 0 Å². The second kappa shape index (κ2) is 3.46. The Kier molecular flexibility index (Phi) is 2.87. The molecule has 0 aliphatic heterocycles. The van der Waals surface area contributed by atoms with Crippen LogP contribution in [0.2, 0.25) is 0 Å². The maximum Gasteiger partial charge on any atom is 0.0999 e. The summed E-state index contributed by atoms with van der Waals surface area (Å²) >= 11 is 0. The van der Waals surface area contributed by atoms with Crippen LogP contribution >= 0.6 is 7.14 Å². The van der Waals surface area contributed by atoms with Crippen molar-refractivity contribution in [2.45, 2.75) is 38.0 Å². The summed E-state index contributed by atoms with van der Waals surface area (Å²) < 4.78 is 12.5. The molecule has 2 heteroatoms. The quantitative estimate of drug-likeness (QED) is 0.464. The molecule has 1 unspecified atom stereocenters. The second-order valence-corrected chi connectivity index (χ2v) is 8.66. The Morgan fingerprint density at radius 2 is 1.69 bits per heavy atom. The van der Waals surface area contributed by atoms with Crippen molar-refractivity contribution in [2.24, 2.45) is 0 Å². The van der Waals surface area contributed by atoms with Gasteiger partial charge in [-0.1, -0.05) is 45.1 Å². The van der Waals surface area contributed by atoms with Crippen molar-refractivity contribution in [3.8, 4) is 0 Å². The maximum absolute atomic E-state index is 12.5. The van der Waals surface area contributed by atoms with Crippen LogP contribution in [0.4, 0.5) is 0 Å². The van der Waals surface area contributed by atoms with Crippen molar-refractivity contribution < 1.29 is 4.57 Å². The Balaban J connectivity index is 2.93. The van der Waals surface area contributed by atoms with E-state index in [0.717, 1.165) is 6.42 Å². The summed E-state index contributed by atoms with van der Waals surface area (Å²) in [6, 6.07) is 0. The first kappa shape index (κ1) is 10.8. The Hall–Kier alpha value is -0.290. The topological polar surface area (TPSA) is 17.1 Å². The summed E-state index contributed by atoms with van der Waals surface area (Å²) in [7, 11) is -2.13. The summed E-state index contributed by atoms with van der Waals surface area (Å²) in [5, 5.41) is -0.0936. The van der Waals surface area contributed by atoms with Gasteiger partial charge in [0.25, 0.3) is 0 Å². The van der Waals surface area contributed by atoms with Crippen molar-refractivity contribution in [3.05, 3.63) is 24.3 Å². The van der Waals surface area contributed by atoms with Gasteiger partial charge < -0.3 is 4.57 Å². The summed E-state index contributed by atoms with van der Waals surface area (Å²) in [6.45, 7) is 8.09. The smallest absolute Gasteiger partial charge is 0.0999 e. The third kappa shape index (κ3) is 2.14. The van der Waals surface area contributed by atoms with E-state index < -0.39 is 7.14 Å². The van der Waals surface area contributed by atoms with E-state index in [1.807, 2.05) is 6.66 Å². The lowest BCUT2D eigenvalue weighted by Crippen LogP contribution is -2.21. The van der Waals surface area contributed by atoms with E-state index in [1.54, 1.807) is 0 Å². The molecule has 1 nitrogen and oxygen atoms in total. The van der Waals surface area contributed by atoms with Crippen molar-refractivity contribution in [2.75, 3.05) is 6.66 Å². The highest BCUT2D eigenvalue weighted by Gasteiger charge is 2.36. The van der Waals surface area contributed by atoms with Crippen LogP contribution in [0.3, 0.4) is 0 Å². The molecule has 1 aliphatic carbocycles. The van der Waals surface area contributed by atoms with Gasteiger partial charge in [0.05, 0.1) is 7.14 Å². The molecule has 1 atom stereocenters. The summed E-state index contributed by atoms with van der Waals surface area (Å²) in [5.41, 5.74) is 0.154. The van der Waals surface area contributed by atoms with E-state index in [4.69, 9.17) is 0 Å². The summed E-state index contributed by atoms with van der Waals surface area (Å²) in [5.74, 6) is 0. The van der Waals surface area contributed by atoms with Gasteiger partial charge in [-0.05, 0) is 13.1 Å². The minimum atomic E-state index is -2.13. The van der Waals surface area contributed by atoms with Gasteiger partial charge in [-0.3, -0.25) is 0 Å². The normalized spacial score (nSPS) is 23.1. The SMILES string of the molecule is CC(C)(C)P(C)(=O)C1C=CCC=C1. The fourth-order valence-electron chi connectivity index (χ4n) is 1.35. The Morgan fingerprint density at radius 3 is 2.08 bits per heavy atom. The van der Waals surface area contributed by atoms with E-state index in [2.05, 4.69) is 45.1 Å². The zero-order chi connectivity index (χ0) is 10.1. The van der Waals surface area contributed by atoms with E-state index in [0.29, 0.717) is 0 Å². The molecular weight excluding hydrogens is 179 g/mol. The van der Waals surface area contributed by atoms with Gasteiger partial charge >= 0.3 is 0 Å². The second-order valence-electron chi connectivity index (χ2n) is 4.74. The lowest BCUT2D eigenvalue weighted by Gasteiger charge is -2.32. The average Bonchev–Trinajstić information content (AvgIpc) is 2.04. The maximum atomic E-state index is 12.5. The molecule has 0 aromatic rings. The molecule has 0 radical (unpaired) electrons. The number of hydrogen-bond acceptors (Lipinski definition) is 1. The van der Waals surface area contributed by atoms with Gasteiger partial charge in [-0.2, -0.15) is 0 Å². The standard InChI is InChI=1S/C11H19OP/c1-11(2,3)13(4,12)10-8-6-5-7-9-10/h6-10H,5H2,1-4H3. The van der Waals surface area contributed by atoms with Gasteiger partial charge in [-0.25, -0.2) is 0 Å². The molecule has 74 valence electrons. The predicted molar refractivity (Wildman–Crippen MR) is 60.0 cm³/mol. The summed E-state index contributed by atoms with van der Waals surface area (Å²) in [4.78, 5) is 0. The van der Waals surface area contributed by atoms with E-state index >= 15 is 0 Å². The third-order valence-electron chi connectivity index (χ3n) is 2.84. The zero-order valence-electron chi connectivity index (χ0n) is 8.95. The molecule has 0 saturated heterocycles. The van der Waals surface area contributed by atoms with Crippen LogP contribution < -0.4 is 0 Å². The molecule has 0 heterocycles. The number of hydrogen-bond donors (Lipinski definition) is 0. The highest BCUT2D eigenvalue weighted by atomic mass is 31.2. The molecule has 0 amide bonds. The van der Waals surface area contributed by atoms with Gasteiger partial charge in [0.1, 0.15) is 0 Å². The van der Waals surface area contributed by atoms with E-state index in [9.17, 15) is 4.57 Å². The van der Waals surface area contributed by atoms with Crippen molar-refractivity contribution in [1.82, 2.24) is 0 Å². The first-order chi connectivity index (χ1) is 5.86. The fourth-order valence-corrected chi connectivity index (χ4v) is 3.15. The monoisotopic (exact) mass is 198 g/mol. The Labute approximate surface area is 81.3 Å². The van der Waals surface area contributed by atoms with Crippen LogP contribution in [-0.2, 0) is 4.57 Å². The number of allylic oxidation sites excluding steroid dienone is 4. The minimum Gasteiger partial charge on any atom is -0.322 e. The highest BCUT2D eigenvalue weighted by Crippen LogP contribution is 2.59. The molecule has 1 aliphatic rings. The fraction of sp³-hybridized carbons (Fsp3) is 0.636. The van der Waals surface area contributed by atoms with Crippen LogP contribution in [0.1, 0.15) is 27.2 Å². The molecule has 0 bridgehead atoms. The van der Waals surface area contributed by atoms with Crippen molar-refractivity contribution in [1.29, 1.82) is 0 Å². The molecule has 0 spiro atoms. The van der Waals surface area contributed by atoms with Crippen LogP contribution in [0.5, 0.6) is 0 Å². The molecule has 0 saturated carbocycles. The molecule has 0 aromatic carbocycles. The Bertz CT molecular complexity index is 269. The molecule has 13 heavy (non-hydrogen) atoms. The van der Waals surface area contributed by atoms with Crippen molar-refractivity contribution >= 4 is 7.14 Å². The first-order valence-electron chi connectivity index (χ1n) is 4.76. The summed E-state index contributed by atoms with van der Waals surface area (Å²) in [6.07, 6.45) is 9.37. The largest absolute Gasteiger partial charge is 0.322 e. The minimum absolute atomic E-state index is 0.0936. The van der Waals surface area contributed by atoms with Crippen LogP contribution in [0, 0.1) is 0 Å². The molecule has 0 N–H and O–H groups in total. The van der Waals surface area contributed by atoms with Crippen LogP contribution in [-0.4, -0.2) is 17.5 Å². The third-order valence-corrected chi connectivity index (χ3v) is 6.99. The molecule has 0 fully saturated rings. The van der Waals surface area contributed by atoms with Gasteiger partial charge in [0.2, 0.25) is 0 Å². The van der Waals surface area contributed by atoms with Gasteiger partial charge in [0.15, 0.2) is 0 Å². The molecule has 0 aromatic heterocycles. The number of rotatable bonds is 1. The average molecular weight is 198 g/mol. The molecule has 1 rings (SSSR count). The van der Waals surface area contributed by atoms with E-state index in [-0.39, 0.29) is 10.8 Å². The zero-order valence-corrected chi connectivity index (χ0v) is 9.84. The van der Waals surface area contributed by atoms with Gasteiger partial charge in [0, 0.05) is 10.8 Å². The van der Waals surface area contributed by atoms with Crippen LogP contribution in [0.25, 0.3) is 0 Å².